The number of aliphatic imine (C=N–C) groups is 1. The standard InChI is InChI=1S/C17H30N2S/c1-13-4-10-17(11-5-13)12-20-15(19-17)18-14-6-8-16(2,3)9-7-14/h13-14H,4-12H2,1-3H3,(H,18,19). The van der Waals surface area contributed by atoms with E-state index in [9.17, 15) is 0 Å². The van der Waals surface area contributed by atoms with Crippen LogP contribution in [-0.2, 0) is 0 Å². The molecule has 2 aliphatic carbocycles. The number of hydrogen-bond donors (Lipinski definition) is 1. The largest absolute Gasteiger partial charge is 0.359 e. The molecule has 3 fully saturated rings. The van der Waals surface area contributed by atoms with E-state index in [1.54, 1.807) is 0 Å². The summed E-state index contributed by atoms with van der Waals surface area (Å²) >= 11 is 1.98. The van der Waals surface area contributed by atoms with Crippen LogP contribution in [0.1, 0.15) is 72.1 Å². The summed E-state index contributed by atoms with van der Waals surface area (Å²) in [6, 6.07) is 0.579. The van der Waals surface area contributed by atoms with E-state index in [1.807, 2.05) is 11.8 Å². The van der Waals surface area contributed by atoms with Gasteiger partial charge in [-0.15, -0.1) is 0 Å². The third kappa shape index (κ3) is 3.35. The quantitative estimate of drug-likeness (QED) is 0.764. The Labute approximate surface area is 128 Å². The molecule has 0 aromatic rings. The van der Waals surface area contributed by atoms with Crippen molar-refractivity contribution in [3.05, 3.63) is 0 Å². The molecular weight excluding hydrogens is 264 g/mol. The summed E-state index contributed by atoms with van der Waals surface area (Å²) < 4.78 is 0. The summed E-state index contributed by atoms with van der Waals surface area (Å²) in [7, 11) is 0. The van der Waals surface area contributed by atoms with Gasteiger partial charge in [-0.2, -0.15) is 0 Å². The van der Waals surface area contributed by atoms with Crippen LogP contribution in [0.25, 0.3) is 0 Å². The fourth-order valence-corrected chi connectivity index (χ4v) is 5.12. The summed E-state index contributed by atoms with van der Waals surface area (Å²) in [5.41, 5.74) is 0.942. The van der Waals surface area contributed by atoms with E-state index in [2.05, 4.69) is 26.1 Å². The van der Waals surface area contributed by atoms with E-state index in [-0.39, 0.29) is 0 Å². The minimum atomic E-state index is 0.393. The first-order valence-corrected chi connectivity index (χ1v) is 9.44. The monoisotopic (exact) mass is 294 g/mol. The smallest absolute Gasteiger partial charge is 0.157 e. The van der Waals surface area contributed by atoms with Crippen LogP contribution >= 0.6 is 11.8 Å². The average molecular weight is 295 g/mol. The summed E-state index contributed by atoms with van der Waals surface area (Å²) in [6.45, 7) is 7.20. The van der Waals surface area contributed by atoms with Gasteiger partial charge in [0.1, 0.15) is 0 Å². The van der Waals surface area contributed by atoms with Gasteiger partial charge in [0, 0.05) is 11.3 Å². The van der Waals surface area contributed by atoms with Crippen LogP contribution < -0.4 is 5.32 Å². The summed E-state index contributed by atoms with van der Waals surface area (Å²) in [4.78, 5) is 5.04. The van der Waals surface area contributed by atoms with Crippen LogP contribution in [0.2, 0.25) is 0 Å². The predicted octanol–water partition coefficient (Wildman–Crippen LogP) is 4.60. The molecular formula is C17H30N2S. The van der Waals surface area contributed by atoms with Crippen LogP contribution in [0.3, 0.4) is 0 Å². The lowest BCUT2D eigenvalue weighted by Gasteiger charge is -2.36. The Hall–Kier alpha value is -0.180. The Kier molecular flexibility index (Phi) is 4.09. The van der Waals surface area contributed by atoms with E-state index in [0.717, 1.165) is 5.92 Å². The van der Waals surface area contributed by atoms with Crippen molar-refractivity contribution >= 4 is 16.9 Å². The van der Waals surface area contributed by atoms with Gasteiger partial charge in [-0.1, -0.05) is 32.5 Å². The van der Waals surface area contributed by atoms with E-state index in [4.69, 9.17) is 4.99 Å². The molecule has 0 amide bonds. The molecule has 2 nitrogen and oxygen atoms in total. The van der Waals surface area contributed by atoms with Crippen molar-refractivity contribution in [1.29, 1.82) is 0 Å². The number of amidine groups is 1. The third-order valence-electron chi connectivity index (χ3n) is 5.70. The Bertz CT molecular complexity index is 370. The second-order valence-electron chi connectivity index (χ2n) is 8.21. The number of nitrogens with one attached hydrogen (secondary N) is 1. The Morgan fingerprint density at radius 2 is 1.70 bits per heavy atom. The molecule has 0 aromatic heterocycles. The SMILES string of the molecule is CC1CCC2(CC1)CSC(=NC1CCC(C)(C)CC1)N2. The molecule has 1 spiro atoms. The normalized spacial score (nSPS) is 35.4. The maximum atomic E-state index is 5.04. The van der Waals surface area contributed by atoms with Crippen molar-refractivity contribution in [2.75, 3.05) is 5.75 Å². The molecule has 0 bridgehead atoms. The van der Waals surface area contributed by atoms with Crippen molar-refractivity contribution in [2.24, 2.45) is 16.3 Å². The lowest BCUT2D eigenvalue weighted by Crippen LogP contribution is -2.46. The van der Waals surface area contributed by atoms with Gasteiger partial charge in [0.2, 0.25) is 0 Å². The van der Waals surface area contributed by atoms with Gasteiger partial charge in [0.15, 0.2) is 5.17 Å². The fourth-order valence-electron chi connectivity index (χ4n) is 3.84. The second kappa shape index (κ2) is 5.55. The molecule has 3 aliphatic rings. The van der Waals surface area contributed by atoms with Crippen molar-refractivity contribution < 1.29 is 0 Å². The van der Waals surface area contributed by atoms with Crippen molar-refractivity contribution in [3.63, 3.8) is 0 Å². The van der Waals surface area contributed by atoms with E-state index in [0.29, 0.717) is 17.0 Å². The zero-order chi connectivity index (χ0) is 14.2. The van der Waals surface area contributed by atoms with Crippen LogP contribution in [-0.4, -0.2) is 22.5 Å². The van der Waals surface area contributed by atoms with E-state index >= 15 is 0 Å². The summed E-state index contributed by atoms with van der Waals surface area (Å²) in [6.07, 6.45) is 10.7. The lowest BCUT2D eigenvalue weighted by molar-refractivity contribution is 0.225. The highest BCUT2D eigenvalue weighted by Gasteiger charge is 2.40. The van der Waals surface area contributed by atoms with Crippen molar-refractivity contribution in [2.45, 2.75) is 83.7 Å². The van der Waals surface area contributed by atoms with E-state index in [1.165, 1.54) is 62.3 Å². The summed E-state index contributed by atoms with van der Waals surface area (Å²) in [5.74, 6) is 2.17. The molecule has 1 aliphatic heterocycles. The highest BCUT2D eigenvalue weighted by Crippen LogP contribution is 2.40. The Morgan fingerprint density at radius 3 is 2.35 bits per heavy atom. The first-order chi connectivity index (χ1) is 9.46. The van der Waals surface area contributed by atoms with Gasteiger partial charge < -0.3 is 5.32 Å². The van der Waals surface area contributed by atoms with Gasteiger partial charge in [-0.25, -0.2) is 0 Å². The fraction of sp³-hybridized carbons (Fsp3) is 0.941. The number of thioether (sulfide) groups is 1. The molecule has 114 valence electrons. The molecule has 2 saturated carbocycles. The zero-order valence-electron chi connectivity index (χ0n) is 13.4. The zero-order valence-corrected chi connectivity index (χ0v) is 14.2. The second-order valence-corrected chi connectivity index (χ2v) is 9.17. The molecule has 0 unspecified atom stereocenters. The summed E-state index contributed by atoms with van der Waals surface area (Å²) in [5, 5.41) is 5.06. The topological polar surface area (TPSA) is 24.4 Å². The lowest BCUT2D eigenvalue weighted by atomic mass is 9.76. The third-order valence-corrected chi connectivity index (χ3v) is 6.87. The maximum absolute atomic E-state index is 5.04. The van der Waals surface area contributed by atoms with Gasteiger partial charge in [-0.3, -0.25) is 4.99 Å². The average Bonchev–Trinajstić information content (AvgIpc) is 2.79. The minimum absolute atomic E-state index is 0.393. The first-order valence-electron chi connectivity index (χ1n) is 8.45. The number of nitrogens with zero attached hydrogens (tertiary/aromatic N) is 1. The van der Waals surface area contributed by atoms with Gasteiger partial charge in [0.25, 0.3) is 0 Å². The highest BCUT2D eigenvalue weighted by atomic mass is 32.2. The van der Waals surface area contributed by atoms with Gasteiger partial charge >= 0.3 is 0 Å². The van der Waals surface area contributed by atoms with Crippen LogP contribution in [0.15, 0.2) is 4.99 Å². The molecule has 0 atom stereocenters. The minimum Gasteiger partial charge on any atom is -0.359 e. The first kappa shape index (κ1) is 14.7. The predicted molar refractivity (Wildman–Crippen MR) is 89.4 cm³/mol. The molecule has 3 heteroatoms. The number of rotatable bonds is 1. The number of hydrogen-bond acceptors (Lipinski definition) is 2. The molecule has 1 saturated heterocycles. The van der Waals surface area contributed by atoms with Crippen molar-refractivity contribution in [3.8, 4) is 0 Å². The van der Waals surface area contributed by atoms with Gasteiger partial charge in [0.05, 0.1) is 6.04 Å². The molecule has 0 aromatic carbocycles. The van der Waals surface area contributed by atoms with E-state index < -0.39 is 0 Å². The maximum Gasteiger partial charge on any atom is 0.157 e. The Morgan fingerprint density at radius 1 is 1.05 bits per heavy atom. The van der Waals surface area contributed by atoms with Gasteiger partial charge in [-0.05, 0) is 62.7 Å². The molecule has 20 heavy (non-hydrogen) atoms. The highest BCUT2D eigenvalue weighted by molar-refractivity contribution is 8.14. The van der Waals surface area contributed by atoms with Crippen LogP contribution in [0, 0.1) is 11.3 Å². The molecule has 3 rings (SSSR count). The molecule has 1 heterocycles. The molecule has 1 N–H and O–H groups in total. The van der Waals surface area contributed by atoms with Crippen LogP contribution in [0.4, 0.5) is 0 Å². The molecule has 0 radical (unpaired) electrons. The van der Waals surface area contributed by atoms with Crippen molar-refractivity contribution in [1.82, 2.24) is 5.32 Å². The van der Waals surface area contributed by atoms with Crippen LogP contribution in [0.5, 0.6) is 0 Å². The Balaban J connectivity index is 1.56.